The minimum absolute atomic E-state index is 0.0488. The van der Waals surface area contributed by atoms with Crippen molar-refractivity contribution >= 4 is 29.9 Å². The average Bonchev–Trinajstić information content (AvgIpc) is 2.82. The summed E-state index contributed by atoms with van der Waals surface area (Å²) in [5, 5.41) is 12.4. The third kappa shape index (κ3) is 4.25. The molecule has 2 N–H and O–H groups in total. The zero-order valence-electron chi connectivity index (χ0n) is 16.4. The van der Waals surface area contributed by atoms with Crippen molar-refractivity contribution in [1.29, 1.82) is 0 Å². The van der Waals surface area contributed by atoms with Gasteiger partial charge in [-0.3, -0.25) is 0 Å². The molecule has 1 heterocycles. The number of alkyl halides is 3. The van der Waals surface area contributed by atoms with Gasteiger partial charge in [0.2, 0.25) is 0 Å². The number of carboxylic acids is 1. The number of aromatic carboxylic acids is 1. The number of hydrogen-bond donors (Lipinski definition) is 2. The first kappa shape index (κ1) is 21.2. The summed E-state index contributed by atoms with van der Waals surface area (Å²) in [7, 11) is -0.837. The van der Waals surface area contributed by atoms with Gasteiger partial charge in [-0.1, -0.05) is 0 Å². The van der Waals surface area contributed by atoms with Crippen LogP contribution in [0.5, 0.6) is 0 Å². The first-order valence-corrected chi connectivity index (χ1v) is 8.97. The molecule has 0 bridgehead atoms. The standard InChI is InChI=1S/C20H21BF3NO4/c1-18(2)19(3,4)29-21(28-18)15-11-12(17(26)27)5-10-16(15)25-14-8-6-13(7-9-14)20(22,23)24/h5-11,25H,1-4H3,(H,26,27). The summed E-state index contributed by atoms with van der Waals surface area (Å²) in [5.41, 5.74) is -0.635. The number of rotatable bonds is 4. The minimum atomic E-state index is -4.42. The van der Waals surface area contributed by atoms with E-state index in [1.54, 1.807) is 6.07 Å². The predicted molar refractivity (Wildman–Crippen MR) is 104 cm³/mol. The van der Waals surface area contributed by atoms with Gasteiger partial charge in [-0.25, -0.2) is 4.79 Å². The van der Waals surface area contributed by atoms with E-state index in [-0.39, 0.29) is 5.56 Å². The van der Waals surface area contributed by atoms with E-state index in [1.165, 1.54) is 24.3 Å². The second kappa shape index (κ2) is 7.07. The summed E-state index contributed by atoms with van der Waals surface area (Å²) < 4.78 is 50.4. The maximum Gasteiger partial charge on any atom is 0.497 e. The number of nitrogens with one attached hydrogen (secondary N) is 1. The fourth-order valence-electron chi connectivity index (χ4n) is 2.87. The number of carboxylic acid groups (broad SMARTS) is 1. The molecule has 0 aliphatic carbocycles. The van der Waals surface area contributed by atoms with Crippen molar-refractivity contribution in [2.45, 2.75) is 45.1 Å². The molecule has 1 saturated heterocycles. The molecule has 9 heteroatoms. The molecule has 0 aromatic heterocycles. The summed E-state index contributed by atoms with van der Waals surface area (Å²) in [4.78, 5) is 11.4. The molecule has 2 aromatic carbocycles. The van der Waals surface area contributed by atoms with E-state index in [2.05, 4.69) is 5.32 Å². The van der Waals surface area contributed by atoms with Crippen molar-refractivity contribution in [2.24, 2.45) is 0 Å². The Morgan fingerprint density at radius 2 is 1.55 bits per heavy atom. The van der Waals surface area contributed by atoms with E-state index in [4.69, 9.17) is 9.31 Å². The molecule has 29 heavy (non-hydrogen) atoms. The molecule has 1 fully saturated rings. The molecule has 0 spiro atoms. The third-order valence-corrected chi connectivity index (χ3v) is 5.30. The van der Waals surface area contributed by atoms with Gasteiger partial charge in [0.15, 0.2) is 0 Å². The molecular weight excluding hydrogens is 386 g/mol. The van der Waals surface area contributed by atoms with Crippen molar-refractivity contribution in [3.63, 3.8) is 0 Å². The maximum absolute atomic E-state index is 12.8. The van der Waals surface area contributed by atoms with Gasteiger partial charge in [0.05, 0.1) is 22.3 Å². The smallest absolute Gasteiger partial charge is 0.478 e. The van der Waals surface area contributed by atoms with E-state index < -0.39 is 36.0 Å². The van der Waals surface area contributed by atoms with Crippen LogP contribution < -0.4 is 10.8 Å². The fraction of sp³-hybridized carbons (Fsp3) is 0.350. The zero-order valence-corrected chi connectivity index (χ0v) is 16.4. The van der Waals surface area contributed by atoms with Gasteiger partial charge in [0, 0.05) is 16.8 Å². The van der Waals surface area contributed by atoms with Gasteiger partial charge >= 0.3 is 19.3 Å². The Morgan fingerprint density at radius 1 is 1.00 bits per heavy atom. The average molecular weight is 407 g/mol. The number of benzene rings is 2. The number of hydrogen-bond acceptors (Lipinski definition) is 4. The van der Waals surface area contributed by atoms with Crippen molar-refractivity contribution in [3.05, 3.63) is 53.6 Å². The number of halogens is 3. The van der Waals surface area contributed by atoms with Crippen LogP contribution in [-0.2, 0) is 15.5 Å². The van der Waals surface area contributed by atoms with Crippen LogP contribution in [0.25, 0.3) is 0 Å². The highest BCUT2D eigenvalue weighted by Crippen LogP contribution is 2.37. The molecule has 3 rings (SSSR count). The van der Waals surface area contributed by atoms with Crippen LogP contribution in [0.1, 0.15) is 43.6 Å². The first-order chi connectivity index (χ1) is 13.3. The van der Waals surface area contributed by atoms with Crippen molar-refractivity contribution < 1.29 is 32.4 Å². The van der Waals surface area contributed by atoms with Crippen molar-refractivity contribution in [1.82, 2.24) is 0 Å². The molecule has 0 saturated carbocycles. The van der Waals surface area contributed by atoms with Crippen LogP contribution in [-0.4, -0.2) is 29.4 Å². The van der Waals surface area contributed by atoms with Crippen LogP contribution in [0, 0.1) is 0 Å². The zero-order chi connectivity index (χ0) is 21.6. The monoisotopic (exact) mass is 407 g/mol. The van der Waals surface area contributed by atoms with Gasteiger partial charge in [-0.05, 0) is 70.2 Å². The SMILES string of the molecule is CC1(C)OB(c2cc(C(=O)O)ccc2Nc2ccc(C(F)(F)F)cc2)OC1(C)C. The van der Waals surface area contributed by atoms with E-state index in [1.807, 2.05) is 27.7 Å². The molecule has 1 aliphatic heterocycles. The third-order valence-electron chi connectivity index (χ3n) is 5.30. The second-order valence-corrected chi connectivity index (χ2v) is 7.90. The second-order valence-electron chi connectivity index (χ2n) is 7.90. The Morgan fingerprint density at radius 3 is 2.03 bits per heavy atom. The first-order valence-electron chi connectivity index (χ1n) is 8.97. The molecule has 154 valence electrons. The Kier molecular flexibility index (Phi) is 5.17. The van der Waals surface area contributed by atoms with E-state index in [9.17, 15) is 23.1 Å². The maximum atomic E-state index is 12.8. The van der Waals surface area contributed by atoms with Gasteiger partial charge in [-0.2, -0.15) is 13.2 Å². The fourth-order valence-corrected chi connectivity index (χ4v) is 2.87. The summed E-state index contributed by atoms with van der Waals surface area (Å²) in [6.45, 7) is 7.49. The number of carbonyl (C=O) groups is 1. The largest absolute Gasteiger partial charge is 0.497 e. The Balaban J connectivity index is 1.96. The molecule has 0 amide bonds. The Hall–Kier alpha value is -2.52. The highest BCUT2D eigenvalue weighted by molar-refractivity contribution is 6.64. The molecule has 0 radical (unpaired) electrons. The molecular formula is C20H21BF3NO4. The van der Waals surface area contributed by atoms with Crippen LogP contribution in [0.2, 0.25) is 0 Å². The van der Waals surface area contributed by atoms with Gasteiger partial charge < -0.3 is 19.7 Å². The van der Waals surface area contributed by atoms with Crippen molar-refractivity contribution in [3.8, 4) is 0 Å². The van der Waals surface area contributed by atoms with E-state index in [0.717, 1.165) is 12.1 Å². The minimum Gasteiger partial charge on any atom is -0.478 e. The van der Waals surface area contributed by atoms with Crippen LogP contribution in [0.3, 0.4) is 0 Å². The van der Waals surface area contributed by atoms with Crippen LogP contribution >= 0.6 is 0 Å². The number of anilines is 2. The molecule has 0 atom stereocenters. The normalized spacial score (nSPS) is 18.0. The summed E-state index contributed by atoms with van der Waals surface area (Å²) in [6.07, 6.45) is -4.42. The van der Waals surface area contributed by atoms with E-state index in [0.29, 0.717) is 16.8 Å². The van der Waals surface area contributed by atoms with Crippen molar-refractivity contribution in [2.75, 3.05) is 5.32 Å². The predicted octanol–water partition coefficient (Wildman–Crippen LogP) is 4.45. The lowest BCUT2D eigenvalue weighted by Gasteiger charge is -2.32. The molecule has 2 aromatic rings. The Bertz CT molecular complexity index is 910. The lowest BCUT2D eigenvalue weighted by atomic mass is 9.77. The Labute approximate surface area is 167 Å². The quantitative estimate of drug-likeness (QED) is 0.734. The lowest BCUT2D eigenvalue weighted by Crippen LogP contribution is -2.41. The van der Waals surface area contributed by atoms with Gasteiger partial charge in [0.1, 0.15) is 0 Å². The van der Waals surface area contributed by atoms with Gasteiger partial charge in [0.25, 0.3) is 0 Å². The highest BCUT2D eigenvalue weighted by Gasteiger charge is 2.52. The van der Waals surface area contributed by atoms with Crippen LogP contribution in [0.4, 0.5) is 24.5 Å². The molecule has 5 nitrogen and oxygen atoms in total. The topological polar surface area (TPSA) is 67.8 Å². The lowest BCUT2D eigenvalue weighted by molar-refractivity contribution is -0.137. The van der Waals surface area contributed by atoms with Gasteiger partial charge in [-0.15, -0.1) is 0 Å². The highest BCUT2D eigenvalue weighted by atomic mass is 19.4. The summed E-state index contributed by atoms with van der Waals surface area (Å²) in [5.74, 6) is -1.11. The summed E-state index contributed by atoms with van der Waals surface area (Å²) >= 11 is 0. The van der Waals surface area contributed by atoms with E-state index >= 15 is 0 Å². The van der Waals surface area contributed by atoms with Crippen LogP contribution in [0.15, 0.2) is 42.5 Å². The molecule has 0 unspecified atom stereocenters. The molecule has 1 aliphatic rings. The summed E-state index contributed by atoms with van der Waals surface area (Å²) in [6, 6.07) is 8.95.